The number of rotatable bonds is 6. The van der Waals surface area contributed by atoms with Crippen molar-refractivity contribution in [2.24, 2.45) is 5.73 Å². The summed E-state index contributed by atoms with van der Waals surface area (Å²) in [5, 5.41) is 2.87. The van der Waals surface area contributed by atoms with Gasteiger partial charge in [-0.3, -0.25) is 4.79 Å². The molecule has 1 unspecified atom stereocenters. The fraction of sp³-hybridized carbons (Fsp3) is 0.500. The molecule has 0 aliphatic rings. The zero-order valence-electron chi connectivity index (χ0n) is 11.3. The number of carbonyl (C=O) groups is 1. The van der Waals surface area contributed by atoms with E-state index < -0.39 is 0 Å². The maximum absolute atomic E-state index is 11.9. The fourth-order valence-corrected chi connectivity index (χ4v) is 1.81. The molecular formula is C14H22N2O2. The third kappa shape index (κ3) is 4.47. The van der Waals surface area contributed by atoms with Crippen LogP contribution in [0.25, 0.3) is 0 Å². The summed E-state index contributed by atoms with van der Waals surface area (Å²) in [6.07, 6.45) is 0.383. The summed E-state index contributed by atoms with van der Waals surface area (Å²) in [5.41, 5.74) is 8.91. The van der Waals surface area contributed by atoms with Crippen molar-refractivity contribution in [1.82, 2.24) is 5.32 Å². The van der Waals surface area contributed by atoms with Gasteiger partial charge in [-0.1, -0.05) is 23.8 Å². The highest BCUT2D eigenvalue weighted by atomic mass is 16.5. The van der Waals surface area contributed by atoms with Crippen molar-refractivity contribution < 1.29 is 9.53 Å². The predicted molar refractivity (Wildman–Crippen MR) is 72.5 cm³/mol. The van der Waals surface area contributed by atoms with Crippen LogP contribution < -0.4 is 11.1 Å². The van der Waals surface area contributed by atoms with E-state index in [1.165, 1.54) is 0 Å². The van der Waals surface area contributed by atoms with Crippen LogP contribution in [0.5, 0.6) is 0 Å². The molecule has 100 valence electrons. The second-order valence-electron chi connectivity index (χ2n) is 4.56. The lowest BCUT2D eigenvalue weighted by atomic mass is 10.0. The largest absolute Gasteiger partial charge is 0.383 e. The van der Waals surface area contributed by atoms with Crippen LogP contribution in [0.1, 0.15) is 16.7 Å². The summed E-state index contributed by atoms with van der Waals surface area (Å²) in [4.78, 5) is 11.9. The second kappa shape index (κ2) is 7.13. The molecule has 0 fully saturated rings. The summed E-state index contributed by atoms with van der Waals surface area (Å²) in [5.74, 6) is -0.0174. The Morgan fingerprint density at radius 1 is 1.44 bits per heavy atom. The third-order valence-electron chi connectivity index (χ3n) is 2.87. The molecule has 4 heteroatoms. The van der Waals surface area contributed by atoms with Crippen molar-refractivity contribution in [3.8, 4) is 0 Å². The zero-order valence-corrected chi connectivity index (χ0v) is 11.3. The number of hydrogen-bond donors (Lipinski definition) is 2. The molecule has 0 saturated carbocycles. The highest BCUT2D eigenvalue weighted by Crippen LogP contribution is 2.11. The Morgan fingerprint density at radius 3 is 2.78 bits per heavy atom. The third-order valence-corrected chi connectivity index (χ3v) is 2.87. The van der Waals surface area contributed by atoms with E-state index in [-0.39, 0.29) is 11.9 Å². The van der Waals surface area contributed by atoms with Crippen LogP contribution in [0.15, 0.2) is 18.2 Å². The van der Waals surface area contributed by atoms with E-state index in [9.17, 15) is 4.79 Å². The minimum atomic E-state index is -0.118. The normalized spacial score (nSPS) is 12.2. The Morgan fingerprint density at radius 2 is 2.17 bits per heavy atom. The first-order valence-corrected chi connectivity index (χ1v) is 6.11. The number of aryl methyl sites for hydroxylation is 2. The van der Waals surface area contributed by atoms with Crippen molar-refractivity contribution in [3.63, 3.8) is 0 Å². The van der Waals surface area contributed by atoms with E-state index in [0.717, 1.165) is 16.7 Å². The van der Waals surface area contributed by atoms with Gasteiger partial charge in [0, 0.05) is 13.7 Å². The summed E-state index contributed by atoms with van der Waals surface area (Å²) in [6.45, 7) is 4.85. The predicted octanol–water partition coefficient (Wildman–Crippen LogP) is 0.936. The summed E-state index contributed by atoms with van der Waals surface area (Å²) in [7, 11) is 1.60. The van der Waals surface area contributed by atoms with E-state index >= 15 is 0 Å². The molecule has 1 atom stereocenters. The van der Waals surface area contributed by atoms with Crippen molar-refractivity contribution in [2.75, 3.05) is 20.3 Å². The maximum atomic E-state index is 11.9. The standard InChI is InChI=1S/C14H22N2O2/c1-10-4-5-11(2)12(6-10)7-14(17)16-13(8-15)9-18-3/h4-6,13H,7-9,15H2,1-3H3,(H,16,17). The SMILES string of the molecule is COCC(CN)NC(=O)Cc1cc(C)ccc1C. The molecule has 0 aromatic heterocycles. The lowest BCUT2D eigenvalue weighted by Gasteiger charge is -2.16. The van der Waals surface area contributed by atoms with Crippen molar-refractivity contribution in [1.29, 1.82) is 0 Å². The number of amides is 1. The van der Waals surface area contributed by atoms with Crippen LogP contribution >= 0.6 is 0 Å². The van der Waals surface area contributed by atoms with Crippen molar-refractivity contribution >= 4 is 5.91 Å². The van der Waals surface area contributed by atoms with Crippen molar-refractivity contribution in [2.45, 2.75) is 26.3 Å². The van der Waals surface area contributed by atoms with Gasteiger partial charge in [0.05, 0.1) is 19.1 Å². The van der Waals surface area contributed by atoms with Crippen LogP contribution in [-0.2, 0) is 16.0 Å². The number of carbonyl (C=O) groups excluding carboxylic acids is 1. The number of benzene rings is 1. The smallest absolute Gasteiger partial charge is 0.224 e. The number of nitrogens with two attached hydrogens (primary N) is 1. The first kappa shape index (κ1) is 14.7. The van der Waals surface area contributed by atoms with Crippen LogP contribution in [0.3, 0.4) is 0 Å². The van der Waals surface area contributed by atoms with Gasteiger partial charge >= 0.3 is 0 Å². The minimum absolute atomic E-state index is 0.0174. The van der Waals surface area contributed by atoms with Gasteiger partial charge in [0.15, 0.2) is 0 Å². The highest BCUT2D eigenvalue weighted by Gasteiger charge is 2.11. The average Bonchev–Trinajstić information content (AvgIpc) is 2.33. The van der Waals surface area contributed by atoms with Gasteiger partial charge in [0.1, 0.15) is 0 Å². The number of hydrogen-bond acceptors (Lipinski definition) is 3. The summed E-state index contributed by atoms with van der Waals surface area (Å²) < 4.78 is 4.99. The molecule has 18 heavy (non-hydrogen) atoms. The first-order chi connectivity index (χ1) is 8.56. The Hall–Kier alpha value is -1.39. The molecule has 1 amide bonds. The van der Waals surface area contributed by atoms with Gasteiger partial charge < -0.3 is 15.8 Å². The number of methoxy groups -OCH3 is 1. The average molecular weight is 250 g/mol. The molecule has 0 aliphatic heterocycles. The molecule has 3 N–H and O–H groups in total. The topological polar surface area (TPSA) is 64.3 Å². The highest BCUT2D eigenvalue weighted by molar-refractivity contribution is 5.79. The fourth-order valence-electron chi connectivity index (χ4n) is 1.81. The summed E-state index contributed by atoms with van der Waals surface area (Å²) in [6, 6.07) is 6.01. The Kier molecular flexibility index (Phi) is 5.82. The molecule has 0 saturated heterocycles. The molecule has 1 aromatic rings. The minimum Gasteiger partial charge on any atom is -0.383 e. The molecule has 1 rings (SSSR count). The Labute approximate surface area is 109 Å². The van der Waals surface area contributed by atoms with E-state index in [0.29, 0.717) is 19.6 Å². The van der Waals surface area contributed by atoms with Gasteiger partial charge in [-0.15, -0.1) is 0 Å². The first-order valence-electron chi connectivity index (χ1n) is 6.11. The molecule has 0 bridgehead atoms. The van der Waals surface area contributed by atoms with Gasteiger partial charge in [0.25, 0.3) is 0 Å². The molecule has 0 aliphatic carbocycles. The molecular weight excluding hydrogens is 228 g/mol. The van der Waals surface area contributed by atoms with Crippen molar-refractivity contribution in [3.05, 3.63) is 34.9 Å². The monoisotopic (exact) mass is 250 g/mol. The van der Waals surface area contributed by atoms with E-state index in [2.05, 4.69) is 5.32 Å². The molecule has 0 radical (unpaired) electrons. The maximum Gasteiger partial charge on any atom is 0.224 e. The van der Waals surface area contributed by atoms with Crippen LogP contribution in [0, 0.1) is 13.8 Å². The quantitative estimate of drug-likeness (QED) is 0.789. The van der Waals surface area contributed by atoms with Gasteiger partial charge in [0.2, 0.25) is 5.91 Å². The summed E-state index contributed by atoms with van der Waals surface area (Å²) >= 11 is 0. The van der Waals surface area contributed by atoms with Gasteiger partial charge in [-0.2, -0.15) is 0 Å². The Bertz CT molecular complexity index is 405. The zero-order chi connectivity index (χ0) is 13.5. The lowest BCUT2D eigenvalue weighted by molar-refractivity contribution is -0.121. The number of ether oxygens (including phenoxy) is 1. The molecule has 1 aromatic carbocycles. The molecule has 0 heterocycles. The Balaban J connectivity index is 2.61. The van der Waals surface area contributed by atoms with E-state index in [1.54, 1.807) is 7.11 Å². The van der Waals surface area contributed by atoms with Crippen LogP contribution in [0.4, 0.5) is 0 Å². The lowest BCUT2D eigenvalue weighted by Crippen LogP contribution is -2.43. The second-order valence-corrected chi connectivity index (χ2v) is 4.56. The van der Waals surface area contributed by atoms with E-state index in [1.807, 2.05) is 32.0 Å². The van der Waals surface area contributed by atoms with Crippen LogP contribution in [-0.4, -0.2) is 32.2 Å². The van der Waals surface area contributed by atoms with E-state index in [4.69, 9.17) is 10.5 Å². The van der Waals surface area contributed by atoms with Gasteiger partial charge in [-0.05, 0) is 25.0 Å². The van der Waals surface area contributed by atoms with Gasteiger partial charge in [-0.25, -0.2) is 0 Å². The van der Waals surface area contributed by atoms with Crippen LogP contribution in [0.2, 0.25) is 0 Å². The molecule has 4 nitrogen and oxygen atoms in total. The number of nitrogens with one attached hydrogen (secondary N) is 1. The molecule has 0 spiro atoms.